The molecule has 5 nitrogen and oxygen atoms in total. The van der Waals surface area contributed by atoms with E-state index >= 15 is 0 Å². The highest BCUT2D eigenvalue weighted by Crippen LogP contribution is 1.89. The van der Waals surface area contributed by atoms with Gasteiger partial charge in [0.25, 0.3) is 0 Å². The second-order valence-electron chi connectivity index (χ2n) is 2.58. The Labute approximate surface area is 143 Å². The van der Waals surface area contributed by atoms with Crippen molar-refractivity contribution in [1.29, 1.82) is 0 Å². The molecular weight excluding hydrogens is 476 g/mol. The first kappa shape index (κ1) is 42.7. The van der Waals surface area contributed by atoms with Crippen LogP contribution in [-0.2, 0) is 9.59 Å². The van der Waals surface area contributed by atoms with Gasteiger partial charge in [-0.3, -0.25) is 4.79 Å². The van der Waals surface area contributed by atoms with Gasteiger partial charge < -0.3 is 19.9 Å². The van der Waals surface area contributed by atoms with Crippen LogP contribution in [0.4, 0.5) is 0 Å². The molecule has 19 heavy (non-hydrogen) atoms. The molecule has 0 aromatic heterocycles. The summed E-state index contributed by atoms with van der Waals surface area (Å²) in [5, 5.41) is 15.8. The van der Waals surface area contributed by atoms with E-state index in [1.807, 2.05) is 0 Å². The minimum atomic E-state index is -0.199. The Kier molecular flexibility index (Phi) is 96.3. The van der Waals surface area contributed by atoms with Gasteiger partial charge in [0.2, 0.25) is 5.91 Å². The second-order valence-corrected chi connectivity index (χ2v) is 2.58. The molecule has 0 aromatic carbocycles. The summed E-state index contributed by atoms with van der Waals surface area (Å²) in [5.41, 5.74) is 0. The molecule has 1 amide bonds. The fourth-order valence-corrected chi connectivity index (χ4v) is 0.0996. The number of Topliss-reactive ketones (excluding diaryl/α,β-unsaturated/α-hetero) is 1. The van der Waals surface area contributed by atoms with E-state index in [0.717, 1.165) is 0 Å². The van der Waals surface area contributed by atoms with E-state index in [-0.39, 0.29) is 47.3 Å². The maximum Gasteiger partial charge on any atom is 0.220 e. The van der Waals surface area contributed by atoms with Crippen molar-refractivity contribution in [1.82, 2.24) is 4.90 Å². The Bertz CT molecular complexity index is 155. The summed E-state index contributed by atoms with van der Waals surface area (Å²) in [6, 6.07) is 0. The van der Waals surface area contributed by atoms with E-state index in [9.17, 15) is 9.59 Å². The van der Waals surface area contributed by atoms with Gasteiger partial charge in [-0.05, 0) is 20.8 Å². The maximum absolute atomic E-state index is 10.1. The lowest BCUT2D eigenvalue weighted by atomic mass is 10.6. The quantitative estimate of drug-likeness (QED) is 0.418. The van der Waals surface area contributed by atoms with Crippen molar-refractivity contribution >= 4 is 48.9 Å². The Balaban J connectivity index is -0.0000000212. The lowest BCUT2D eigenvalue weighted by Crippen LogP contribution is -2.24. The Morgan fingerprint density at radius 1 is 1.00 bits per heavy atom. The average Bonchev–Trinajstić information content (AvgIpc) is 2.20. The van der Waals surface area contributed by atoms with Crippen LogP contribution in [0.15, 0.2) is 0 Å². The van der Waals surface area contributed by atoms with Gasteiger partial charge in [-0.1, -0.05) is 22.3 Å². The topological polar surface area (TPSA) is 77.8 Å². The van der Waals surface area contributed by atoms with Crippen molar-refractivity contribution in [2.75, 3.05) is 20.4 Å². The summed E-state index contributed by atoms with van der Waals surface area (Å²) in [6.07, 6.45) is 0. The first-order valence-electron chi connectivity index (χ1n) is 4.38. The van der Waals surface area contributed by atoms with Gasteiger partial charge >= 0.3 is 0 Å². The zero-order chi connectivity index (χ0) is 14.1. The summed E-state index contributed by atoms with van der Waals surface area (Å²) in [6.45, 7) is 6.19. The molecule has 2 N–H and O–H groups in total. The normalized spacial score (nSPS) is 5.74. The molecule has 0 saturated heterocycles. The predicted molar refractivity (Wildman–Crippen MR) is 103 cm³/mol. The Morgan fingerprint density at radius 3 is 1.16 bits per heavy atom. The average molecular weight is 509 g/mol. The minimum absolute atomic E-state index is 0. The number of halogens is 2. The summed E-state index contributed by atoms with van der Waals surface area (Å²) in [4.78, 5) is 20.8. The molecule has 0 aliphatic rings. The van der Waals surface area contributed by atoms with Crippen molar-refractivity contribution in [3.8, 4) is 0 Å². The Hall–Kier alpha value is 0.520. The number of aliphatic hydroxyl groups is 2. The largest absolute Gasteiger partial charge is 0.397 e. The van der Waals surface area contributed by atoms with E-state index in [1.165, 1.54) is 32.7 Å². The van der Waals surface area contributed by atoms with Gasteiger partial charge in [-0.25, -0.2) is 0 Å². The van der Waals surface area contributed by atoms with Gasteiger partial charge in [0.05, 0.1) is 0 Å². The highest BCUT2D eigenvalue weighted by atomic mass is 128. The van der Waals surface area contributed by atoms with Crippen LogP contribution in [0.5, 0.6) is 0 Å². The van der Waals surface area contributed by atoms with Crippen LogP contribution in [0.3, 0.4) is 0 Å². The third-order valence-electron chi connectivity index (χ3n) is 0.750. The van der Waals surface area contributed by atoms with Crippen LogP contribution >= 0.6 is 37.2 Å². The van der Waals surface area contributed by atoms with E-state index in [4.69, 9.17) is 10.2 Å². The molecule has 0 spiro atoms. The Morgan fingerprint density at radius 2 is 1.16 bits per heavy atom. The van der Waals surface area contributed by atoms with Gasteiger partial charge in [-0.2, -0.15) is 0 Å². The zero-order valence-corrected chi connectivity index (χ0v) is 14.6. The third-order valence-corrected chi connectivity index (χ3v) is 0.750. The third kappa shape index (κ3) is 119. The number of carbonyl (C=O) groups is 2. The number of nitrogens with zero attached hydrogens (tertiary/aromatic N) is 1. The molecule has 0 heterocycles. The number of amides is 1. The van der Waals surface area contributed by atoms with E-state index in [0.29, 0.717) is 0 Å². The number of hydrogen-bond donors (Lipinski definition) is 2. The van der Waals surface area contributed by atoms with Crippen LogP contribution < -0.4 is 0 Å². The number of aliphatic hydroxyl groups excluding tert-OH is 2. The zero-order valence-electron chi connectivity index (χ0n) is 10.3. The molecule has 0 atom stereocenters. The lowest BCUT2D eigenvalue weighted by Gasteiger charge is -2.07. The van der Waals surface area contributed by atoms with Crippen LogP contribution in [-0.4, -0.2) is 47.2 Å². The van der Waals surface area contributed by atoms with Crippen LogP contribution in [0.25, 0.3) is 0 Å². The minimum Gasteiger partial charge on any atom is -0.397 e. The fourth-order valence-electron chi connectivity index (χ4n) is 0.0996. The first-order chi connectivity index (χ1) is 7.33. The van der Waals surface area contributed by atoms with E-state index in [1.54, 1.807) is 6.92 Å². The molecule has 0 fully saturated rings. The van der Waals surface area contributed by atoms with Gasteiger partial charge in [0.1, 0.15) is 12.5 Å². The van der Waals surface area contributed by atoms with Crippen molar-refractivity contribution in [2.45, 2.75) is 50.0 Å². The molecular formula is C12H33I2NO4. The van der Waals surface area contributed by atoms with Crippen LogP contribution in [0.1, 0.15) is 50.0 Å². The summed E-state index contributed by atoms with van der Waals surface area (Å²) in [5.74, 6) is 0.0440. The molecule has 124 valence electrons. The number of rotatable bonds is 1. The fraction of sp³-hybridized carbons (Fsp3) is 0.833. The molecule has 0 aliphatic carbocycles. The summed E-state index contributed by atoms with van der Waals surface area (Å²) < 4.78 is 0. The van der Waals surface area contributed by atoms with Crippen LogP contribution in [0, 0.1) is 0 Å². The SMILES string of the molecule is C.C.C.CC(=O)N(C)CO.CC(C)=O.CCO.II. The van der Waals surface area contributed by atoms with Gasteiger partial charge in [0.15, 0.2) is 0 Å². The molecule has 0 aliphatic heterocycles. The summed E-state index contributed by atoms with van der Waals surface area (Å²) >= 11 is 4.24. The van der Waals surface area contributed by atoms with Gasteiger partial charge in [-0.15, -0.1) is 0 Å². The second kappa shape index (κ2) is 42.8. The monoisotopic (exact) mass is 509 g/mol. The maximum atomic E-state index is 10.1. The number of hydrogen-bond acceptors (Lipinski definition) is 4. The number of carbonyl (C=O) groups excluding carboxylic acids is 2. The highest BCUT2D eigenvalue weighted by Gasteiger charge is 1.94. The van der Waals surface area contributed by atoms with E-state index in [2.05, 4.69) is 37.2 Å². The smallest absolute Gasteiger partial charge is 0.220 e. The predicted octanol–water partition coefficient (Wildman–Crippen LogP) is 3.69. The highest BCUT2D eigenvalue weighted by molar-refractivity contribution is 15.0. The van der Waals surface area contributed by atoms with E-state index < -0.39 is 0 Å². The molecule has 0 aromatic rings. The molecule has 0 saturated carbocycles. The van der Waals surface area contributed by atoms with Gasteiger partial charge in [0, 0.05) is 57.8 Å². The molecule has 0 rings (SSSR count). The molecule has 0 radical (unpaired) electrons. The van der Waals surface area contributed by atoms with Crippen molar-refractivity contribution in [2.24, 2.45) is 0 Å². The lowest BCUT2D eigenvalue weighted by molar-refractivity contribution is -0.130. The van der Waals surface area contributed by atoms with Crippen LogP contribution in [0.2, 0.25) is 0 Å². The van der Waals surface area contributed by atoms with Crippen molar-refractivity contribution in [3.63, 3.8) is 0 Å². The first-order valence-corrected chi connectivity index (χ1v) is 10.7. The molecule has 7 heteroatoms. The number of ketones is 1. The van der Waals surface area contributed by atoms with Crippen molar-refractivity contribution < 1.29 is 19.8 Å². The molecule has 0 bridgehead atoms. The molecule has 0 unspecified atom stereocenters. The van der Waals surface area contributed by atoms with Crippen molar-refractivity contribution in [3.05, 3.63) is 0 Å². The standard InChI is InChI=1S/C4H9NO2.C3H6O.C2H6O.3CH4.I2/c1-4(7)5(2)3-6;1-3(2)4;1-2-3;;;;1-2/h6H,3H2,1-2H3;1-2H3;3H,2H2,1H3;3*1H4;. The summed E-state index contributed by atoms with van der Waals surface area (Å²) in [7, 11) is 1.53.